The van der Waals surface area contributed by atoms with Gasteiger partial charge in [0.1, 0.15) is 0 Å². The number of rotatable bonds is 3. The van der Waals surface area contributed by atoms with Crippen LogP contribution in [-0.4, -0.2) is 51.8 Å². The van der Waals surface area contributed by atoms with Crippen molar-refractivity contribution in [1.82, 2.24) is 25.0 Å². The summed E-state index contributed by atoms with van der Waals surface area (Å²) >= 11 is 0. The maximum Gasteiger partial charge on any atom is 0.255 e. The minimum atomic E-state index is 0. The van der Waals surface area contributed by atoms with E-state index in [1.54, 1.807) is 12.4 Å². The third-order valence-electron chi connectivity index (χ3n) is 6.34. The molecule has 0 saturated carbocycles. The predicted molar refractivity (Wildman–Crippen MR) is 123 cm³/mol. The van der Waals surface area contributed by atoms with Crippen molar-refractivity contribution in [2.75, 3.05) is 26.2 Å². The normalized spacial score (nSPS) is 17.5. The molecule has 0 unspecified atom stereocenters. The van der Waals surface area contributed by atoms with Crippen molar-refractivity contribution in [2.45, 2.75) is 25.8 Å². The maximum atomic E-state index is 13.0. The van der Waals surface area contributed by atoms with Crippen molar-refractivity contribution in [2.24, 2.45) is 5.41 Å². The Morgan fingerprint density at radius 1 is 1.07 bits per heavy atom. The molecule has 30 heavy (non-hydrogen) atoms. The van der Waals surface area contributed by atoms with Gasteiger partial charge in [0, 0.05) is 31.2 Å². The van der Waals surface area contributed by atoms with Gasteiger partial charge in [0.25, 0.3) is 5.91 Å². The number of hydrogen-bond acceptors (Lipinski definition) is 4. The van der Waals surface area contributed by atoms with Gasteiger partial charge >= 0.3 is 0 Å². The lowest BCUT2D eigenvalue weighted by atomic mass is 9.78. The Kier molecular flexibility index (Phi) is 7.01. The Labute approximate surface area is 188 Å². The highest BCUT2D eigenvalue weighted by atomic mass is 35.5. The molecule has 4 heterocycles. The fourth-order valence-electron chi connectivity index (χ4n) is 4.55. The van der Waals surface area contributed by atoms with Gasteiger partial charge in [-0.3, -0.25) is 4.79 Å². The zero-order valence-corrected chi connectivity index (χ0v) is 18.4. The second-order valence-corrected chi connectivity index (χ2v) is 8.14. The zero-order valence-electron chi connectivity index (χ0n) is 16.8. The van der Waals surface area contributed by atoms with Crippen LogP contribution in [0.1, 0.15) is 35.2 Å². The summed E-state index contributed by atoms with van der Waals surface area (Å²) in [6, 6.07) is 12.1. The van der Waals surface area contributed by atoms with Gasteiger partial charge in [-0.25, -0.2) is 9.67 Å². The average Bonchev–Trinajstić information content (AvgIpc) is 3.36. The number of fused-ring (bicyclic) bond motifs is 1. The number of nitrogens with zero attached hydrogens (tertiary/aromatic N) is 4. The summed E-state index contributed by atoms with van der Waals surface area (Å²) in [5.41, 5.74) is 3.07. The second-order valence-electron chi connectivity index (χ2n) is 8.14. The van der Waals surface area contributed by atoms with E-state index < -0.39 is 0 Å². The second kappa shape index (κ2) is 9.33. The highest BCUT2D eigenvalue weighted by Crippen LogP contribution is 2.37. The first-order valence-corrected chi connectivity index (χ1v) is 10.1. The number of piperidine rings is 1. The summed E-state index contributed by atoms with van der Waals surface area (Å²) in [6.07, 6.45) is 6.93. The van der Waals surface area contributed by atoms with Gasteiger partial charge in [-0.1, -0.05) is 30.3 Å². The Morgan fingerprint density at radius 2 is 1.83 bits per heavy atom. The standard InChI is InChI=1S/C22H25N5O.2ClH/c28-21(26-10-7-22(8-11-26)6-9-23-16-22)19-12-18-14-25-27(20(18)24-13-19)15-17-4-2-1-3-5-17;;/h1-5,12-14,23H,6-11,15-16H2;2*1H. The van der Waals surface area contributed by atoms with E-state index in [1.165, 1.54) is 12.0 Å². The average molecular weight is 448 g/mol. The van der Waals surface area contributed by atoms with Crippen molar-refractivity contribution in [1.29, 1.82) is 0 Å². The van der Waals surface area contributed by atoms with Crippen molar-refractivity contribution in [3.05, 3.63) is 59.9 Å². The van der Waals surface area contributed by atoms with Crippen LogP contribution in [0.25, 0.3) is 11.0 Å². The Morgan fingerprint density at radius 3 is 2.53 bits per heavy atom. The largest absolute Gasteiger partial charge is 0.339 e. The molecule has 2 aromatic heterocycles. The van der Waals surface area contributed by atoms with Crippen LogP contribution in [0.15, 0.2) is 48.8 Å². The van der Waals surface area contributed by atoms with Gasteiger partial charge in [-0.15, -0.1) is 24.8 Å². The summed E-state index contributed by atoms with van der Waals surface area (Å²) in [7, 11) is 0. The molecule has 5 rings (SSSR count). The molecule has 1 amide bonds. The van der Waals surface area contributed by atoms with Crippen LogP contribution in [0.5, 0.6) is 0 Å². The lowest BCUT2D eigenvalue weighted by Crippen LogP contribution is -2.44. The van der Waals surface area contributed by atoms with Crippen LogP contribution < -0.4 is 5.32 Å². The van der Waals surface area contributed by atoms with Gasteiger partial charge < -0.3 is 10.2 Å². The molecule has 2 saturated heterocycles. The molecule has 2 fully saturated rings. The molecular formula is C22H27Cl2N5O. The molecule has 3 aromatic rings. The topological polar surface area (TPSA) is 63.1 Å². The van der Waals surface area contributed by atoms with Crippen LogP contribution in [0.3, 0.4) is 0 Å². The summed E-state index contributed by atoms with van der Waals surface area (Å²) < 4.78 is 1.89. The fourth-order valence-corrected chi connectivity index (χ4v) is 4.55. The van der Waals surface area contributed by atoms with Gasteiger partial charge in [0.2, 0.25) is 0 Å². The maximum absolute atomic E-state index is 13.0. The van der Waals surface area contributed by atoms with Gasteiger partial charge in [0.05, 0.1) is 18.3 Å². The van der Waals surface area contributed by atoms with E-state index in [-0.39, 0.29) is 30.7 Å². The minimum absolute atomic E-state index is 0. The number of amides is 1. The van der Waals surface area contributed by atoms with Crippen LogP contribution in [0.2, 0.25) is 0 Å². The number of carbonyl (C=O) groups is 1. The Bertz CT molecular complexity index is 991. The van der Waals surface area contributed by atoms with Gasteiger partial charge in [-0.2, -0.15) is 5.10 Å². The molecule has 1 N–H and O–H groups in total. The number of nitrogens with one attached hydrogen (secondary N) is 1. The van der Waals surface area contributed by atoms with E-state index in [2.05, 4.69) is 27.5 Å². The molecule has 2 aliphatic rings. The predicted octanol–water partition coefficient (Wildman–Crippen LogP) is 3.54. The summed E-state index contributed by atoms with van der Waals surface area (Å²) in [5.74, 6) is 0.0889. The van der Waals surface area contributed by atoms with E-state index in [4.69, 9.17) is 0 Å². The lowest BCUT2D eigenvalue weighted by molar-refractivity contribution is 0.0607. The van der Waals surface area contributed by atoms with E-state index in [1.807, 2.05) is 33.8 Å². The smallest absolute Gasteiger partial charge is 0.255 e. The van der Waals surface area contributed by atoms with Crippen LogP contribution in [0.4, 0.5) is 0 Å². The first-order chi connectivity index (χ1) is 13.7. The first kappa shape index (κ1) is 22.5. The highest BCUT2D eigenvalue weighted by molar-refractivity contribution is 5.96. The van der Waals surface area contributed by atoms with E-state index in [0.29, 0.717) is 17.5 Å². The van der Waals surface area contributed by atoms with Crippen molar-refractivity contribution >= 4 is 41.8 Å². The van der Waals surface area contributed by atoms with Crippen LogP contribution >= 0.6 is 24.8 Å². The molecule has 0 bridgehead atoms. The molecule has 1 spiro atoms. The van der Waals surface area contributed by atoms with E-state index in [9.17, 15) is 4.79 Å². The number of hydrogen-bond donors (Lipinski definition) is 1. The molecule has 1 aromatic carbocycles. The Balaban J connectivity index is 0.00000128. The van der Waals surface area contributed by atoms with Crippen molar-refractivity contribution in [3.63, 3.8) is 0 Å². The number of pyridine rings is 1. The van der Waals surface area contributed by atoms with Crippen molar-refractivity contribution in [3.8, 4) is 0 Å². The molecular weight excluding hydrogens is 421 g/mol. The summed E-state index contributed by atoms with van der Waals surface area (Å²) in [4.78, 5) is 19.5. The first-order valence-electron chi connectivity index (χ1n) is 10.1. The molecule has 6 nitrogen and oxygen atoms in total. The quantitative estimate of drug-likeness (QED) is 0.666. The van der Waals surface area contributed by atoms with Crippen LogP contribution in [-0.2, 0) is 6.54 Å². The fraction of sp³-hybridized carbons (Fsp3) is 0.409. The monoisotopic (exact) mass is 447 g/mol. The number of benzene rings is 1. The molecule has 0 aliphatic carbocycles. The third-order valence-corrected chi connectivity index (χ3v) is 6.34. The molecule has 0 radical (unpaired) electrons. The van der Waals surface area contributed by atoms with Gasteiger partial charge in [-0.05, 0) is 42.9 Å². The highest BCUT2D eigenvalue weighted by Gasteiger charge is 2.38. The molecule has 160 valence electrons. The number of halogens is 2. The van der Waals surface area contributed by atoms with E-state index >= 15 is 0 Å². The number of carbonyl (C=O) groups excluding carboxylic acids is 1. The number of aromatic nitrogens is 3. The minimum Gasteiger partial charge on any atom is -0.339 e. The molecule has 0 atom stereocenters. The molecule has 2 aliphatic heterocycles. The molecule has 8 heteroatoms. The zero-order chi connectivity index (χ0) is 19.0. The lowest BCUT2D eigenvalue weighted by Gasteiger charge is -2.38. The van der Waals surface area contributed by atoms with Crippen LogP contribution in [0, 0.1) is 5.41 Å². The number of likely N-dealkylation sites (tertiary alicyclic amines) is 1. The SMILES string of the molecule is Cl.Cl.O=C(c1cnc2c(cnn2Cc2ccccc2)c1)N1CCC2(CCNC2)CC1. The van der Waals surface area contributed by atoms with Gasteiger partial charge in [0.15, 0.2) is 5.65 Å². The van der Waals surface area contributed by atoms with E-state index in [0.717, 1.165) is 50.1 Å². The summed E-state index contributed by atoms with van der Waals surface area (Å²) in [5, 5.41) is 8.86. The van der Waals surface area contributed by atoms with Crippen molar-refractivity contribution < 1.29 is 4.79 Å². The summed E-state index contributed by atoms with van der Waals surface area (Å²) in [6.45, 7) is 4.56. The Hall–Kier alpha value is -2.15. The third kappa shape index (κ3) is 4.31.